The van der Waals surface area contributed by atoms with E-state index in [-0.39, 0.29) is 0 Å². The van der Waals surface area contributed by atoms with Gasteiger partial charge in [0.1, 0.15) is 0 Å². The number of rotatable bonds is 10. The van der Waals surface area contributed by atoms with Crippen LogP contribution >= 0.6 is 0 Å². The van der Waals surface area contributed by atoms with Gasteiger partial charge in [-0.25, -0.2) is 0 Å². The first-order valence-electron chi connectivity index (χ1n) is 9.48. The summed E-state index contributed by atoms with van der Waals surface area (Å²) in [5.41, 5.74) is 0.926. The first-order valence-corrected chi connectivity index (χ1v) is 15.9. The zero-order chi connectivity index (χ0) is 18.6. The summed E-state index contributed by atoms with van der Waals surface area (Å²) in [6.45, 7) is 3.95. The van der Waals surface area contributed by atoms with Crippen LogP contribution in [0, 0.1) is 0 Å². The molecule has 2 aliphatic rings. The highest BCUT2D eigenvalue weighted by Crippen LogP contribution is 2.53. The van der Waals surface area contributed by atoms with Crippen LogP contribution in [-0.4, -0.2) is 54.6 Å². The fourth-order valence-corrected chi connectivity index (χ4v) is 16.9. The second kappa shape index (κ2) is 9.07. The summed E-state index contributed by atoms with van der Waals surface area (Å²) in [4.78, 5) is 0. The molecule has 0 atom stereocenters. The second-order valence-electron chi connectivity index (χ2n) is 7.43. The van der Waals surface area contributed by atoms with Gasteiger partial charge in [-0.2, -0.15) is 0 Å². The van der Waals surface area contributed by atoms with Crippen molar-refractivity contribution in [2.75, 3.05) is 28.4 Å². The Balaban J connectivity index is 2.44. The molecule has 2 saturated carbocycles. The van der Waals surface area contributed by atoms with Crippen molar-refractivity contribution in [1.82, 2.24) is 0 Å². The van der Waals surface area contributed by atoms with E-state index in [0.717, 1.165) is 0 Å². The van der Waals surface area contributed by atoms with Crippen LogP contribution in [0.5, 0.6) is 0 Å². The molecule has 9 heteroatoms. The third-order valence-corrected chi connectivity index (χ3v) is 17.9. The highest BCUT2D eigenvalue weighted by Gasteiger charge is 2.61. The minimum absolute atomic E-state index is 0.463. The Morgan fingerprint density at radius 2 is 0.840 bits per heavy atom. The fraction of sp³-hybridized carbons (Fsp3) is 1.00. The maximum atomic E-state index is 6.88. The van der Waals surface area contributed by atoms with E-state index in [9.17, 15) is 0 Å². The molecule has 25 heavy (non-hydrogen) atoms. The Hall–Kier alpha value is 0.411. The maximum Gasteiger partial charge on any atom is 0.488 e. The maximum absolute atomic E-state index is 6.88. The second-order valence-corrected chi connectivity index (χ2v) is 17.2. The lowest BCUT2D eigenvalue weighted by molar-refractivity contribution is 0.111. The SMILES string of the molecule is CO[Si](C)(OC)O[Si](O[Si](C)(OC)OC)(C1CCCC1)C1CCCC1. The van der Waals surface area contributed by atoms with Crippen LogP contribution in [0.25, 0.3) is 0 Å². The molecule has 0 spiro atoms. The summed E-state index contributed by atoms with van der Waals surface area (Å²) in [5, 5.41) is 0. The van der Waals surface area contributed by atoms with Gasteiger partial charge in [0.2, 0.25) is 0 Å². The summed E-state index contributed by atoms with van der Waals surface area (Å²) in [5.74, 6) is 0. The lowest BCUT2D eigenvalue weighted by Crippen LogP contribution is -2.64. The summed E-state index contributed by atoms with van der Waals surface area (Å²) in [7, 11) is -1.42. The van der Waals surface area contributed by atoms with Gasteiger partial charge in [0, 0.05) is 52.6 Å². The van der Waals surface area contributed by atoms with Crippen molar-refractivity contribution >= 4 is 26.2 Å². The van der Waals surface area contributed by atoms with Crippen molar-refractivity contribution in [1.29, 1.82) is 0 Å². The van der Waals surface area contributed by atoms with Crippen LogP contribution in [0.3, 0.4) is 0 Å². The standard InChI is InChI=1S/C16H36O6Si3/c1-17-23(5,18-2)21-25(15-11-7-8-12-15,16-13-9-10-14-16)22-24(6,19-3)20-4/h15-16H,7-14H2,1-6H3. The van der Waals surface area contributed by atoms with Gasteiger partial charge < -0.3 is 25.9 Å². The monoisotopic (exact) mass is 408 g/mol. The van der Waals surface area contributed by atoms with E-state index in [1.54, 1.807) is 28.4 Å². The van der Waals surface area contributed by atoms with E-state index >= 15 is 0 Å². The van der Waals surface area contributed by atoms with Crippen molar-refractivity contribution in [3.63, 3.8) is 0 Å². The average molecular weight is 409 g/mol. The molecule has 6 nitrogen and oxygen atoms in total. The van der Waals surface area contributed by atoms with Crippen molar-refractivity contribution in [3.8, 4) is 0 Å². The molecule has 0 aromatic carbocycles. The first kappa shape index (κ1) is 21.7. The predicted octanol–water partition coefficient (Wildman–Crippen LogP) is 4.07. The normalized spacial score (nSPS) is 21.4. The molecule has 0 amide bonds. The smallest absolute Gasteiger partial charge is 0.393 e. The molecule has 148 valence electrons. The van der Waals surface area contributed by atoms with Crippen LogP contribution < -0.4 is 0 Å². The molecule has 0 aromatic rings. The predicted molar refractivity (Wildman–Crippen MR) is 104 cm³/mol. The van der Waals surface area contributed by atoms with Gasteiger partial charge in [0.05, 0.1) is 0 Å². The van der Waals surface area contributed by atoms with Crippen LogP contribution in [0.1, 0.15) is 51.4 Å². The Kier molecular flexibility index (Phi) is 7.87. The van der Waals surface area contributed by atoms with Crippen LogP contribution in [0.4, 0.5) is 0 Å². The van der Waals surface area contributed by atoms with E-state index in [4.69, 9.17) is 25.9 Å². The molecule has 0 aromatic heterocycles. The number of hydrogen-bond donors (Lipinski definition) is 0. The van der Waals surface area contributed by atoms with Gasteiger partial charge in [-0.3, -0.25) is 0 Å². The van der Waals surface area contributed by atoms with Crippen LogP contribution in [0.2, 0.25) is 24.2 Å². The van der Waals surface area contributed by atoms with E-state index in [2.05, 4.69) is 0 Å². The van der Waals surface area contributed by atoms with E-state index < -0.39 is 26.2 Å². The zero-order valence-electron chi connectivity index (χ0n) is 16.8. The molecule has 0 saturated heterocycles. The van der Waals surface area contributed by atoms with Gasteiger partial charge in [-0.05, 0) is 25.7 Å². The number of hydrogen-bond acceptors (Lipinski definition) is 6. The molecule has 2 aliphatic carbocycles. The zero-order valence-corrected chi connectivity index (χ0v) is 19.8. The Morgan fingerprint density at radius 1 is 0.560 bits per heavy atom. The Labute approximate surface area is 156 Å². The molecule has 0 N–H and O–H groups in total. The minimum Gasteiger partial charge on any atom is -0.393 e. The summed E-state index contributed by atoms with van der Waals surface area (Å²) in [6.07, 6.45) is 9.64. The van der Waals surface area contributed by atoms with Gasteiger partial charge in [0.15, 0.2) is 0 Å². The molecule has 0 aliphatic heterocycles. The lowest BCUT2D eigenvalue weighted by atomic mass is 10.3. The third-order valence-electron chi connectivity index (χ3n) is 6.02. The van der Waals surface area contributed by atoms with Gasteiger partial charge in [0.25, 0.3) is 0 Å². The van der Waals surface area contributed by atoms with Crippen molar-refractivity contribution < 1.29 is 25.9 Å². The fourth-order valence-electron chi connectivity index (χ4n) is 4.26. The van der Waals surface area contributed by atoms with Crippen molar-refractivity contribution in [2.24, 2.45) is 0 Å². The van der Waals surface area contributed by atoms with E-state index in [1.807, 2.05) is 13.1 Å². The van der Waals surface area contributed by atoms with Gasteiger partial charge in [-0.15, -0.1) is 0 Å². The molecule has 2 fully saturated rings. The quantitative estimate of drug-likeness (QED) is 0.508. The minimum atomic E-state index is -2.75. The molecule has 2 rings (SSSR count). The molecule has 0 unspecified atom stereocenters. The third kappa shape index (κ3) is 4.82. The van der Waals surface area contributed by atoms with Crippen LogP contribution in [0.15, 0.2) is 0 Å². The largest absolute Gasteiger partial charge is 0.488 e. The molecule has 0 bridgehead atoms. The summed E-state index contributed by atoms with van der Waals surface area (Å²) < 4.78 is 36.7. The van der Waals surface area contributed by atoms with Crippen molar-refractivity contribution in [3.05, 3.63) is 0 Å². The summed E-state index contributed by atoms with van der Waals surface area (Å²) in [6, 6.07) is 0. The Morgan fingerprint density at radius 3 is 1.08 bits per heavy atom. The highest BCUT2D eigenvalue weighted by atomic mass is 28.5. The summed E-state index contributed by atoms with van der Waals surface area (Å²) >= 11 is 0. The topological polar surface area (TPSA) is 55.4 Å². The molecular weight excluding hydrogens is 372 g/mol. The molecular formula is C16H36O6Si3. The lowest BCUT2D eigenvalue weighted by Gasteiger charge is -2.47. The van der Waals surface area contributed by atoms with Gasteiger partial charge in [-0.1, -0.05) is 25.7 Å². The highest BCUT2D eigenvalue weighted by molar-refractivity contribution is 6.85. The average Bonchev–Trinajstić information content (AvgIpc) is 3.34. The first-order chi connectivity index (χ1) is 11.9. The molecule has 0 heterocycles. The van der Waals surface area contributed by atoms with Crippen molar-refractivity contribution in [2.45, 2.75) is 75.5 Å². The van der Waals surface area contributed by atoms with E-state index in [0.29, 0.717) is 11.1 Å². The van der Waals surface area contributed by atoms with Crippen LogP contribution in [-0.2, 0) is 25.9 Å². The van der Waals surface area contributed by atoms with E-state index in [1.165, 1.54) is 51.4 Å². The molecule has 0 radical (unpaired) electrons. The Bertz CT molecular complexity index is 367. The van der Waals surface area contributed by atoms with Gasteiger partial charge >= 0.3 is 26.2 Å².